The molecule has 0 aromatic heterocycles. The number of nitrogens with two attached hydrogens (primary N) is 1. The van der Waals surface area contributed by atoms with Crippen LogP contribution in [0.25, 0.3) is 0 Å². The molecule has 1 aromatic carbocycles. The number of benzene rings is 1. The van der Waals surface area contributed by atoms with Gasteiger partial charge in [0, 0.05) is 38.7 Å². The molecule has 0 aliphatic carbocycles. The summed E-state index contributed by atoms with van der Waals surface area (Å²) in [6, 6.07) is 5.01. The molecular formula is C17H21N3O5. The van der Waals surface area contributed by atoms with Crippen LogP contribution in [-0.4, -0.2) is 66.9 Å². The number of carbonyl (C=O) groups is 3. The molecule has 3 amide bonds. The van der Waals surface area contributed by atoms with Crippen molar-refractivity contribution in [3.63, 3.8) is 0 Å². The van der Waals surface area contributed by atoms with Gasteiger partial charge in [-0.25, -0.2) is 0 Å². The zero-order valence-electron chi connectivity index (χ0n) is 14.1. The van der Waals surface area contributed by atoms with E-state index in [1.165, 1.54) is 6.92 Å². The number of primary amides is 1. The zero-order valence-corrected chi connectivity index (χ0v) is 14.1. The number of amides is 3. The monoisotopic (exact) mass is 347 g/mol. The highest BCUT2D eigenvalue weighted by molar-refractivity contribution is 5.95. The van der Waals surface area contributed by atoms with E-state index < -0.39 is 11.8 Å². The minimum atomic E-state index is -0.590. The van der Waals surface area contributed by atoms with Gasteiger partial charge in [-0.15, -0.1) is 0 Å². The van der Waals surface area contributed by atoms with Crippen LogP contribution in [0.15, 0.2) is 18.2 Å². The summed E-state index contributed by atoms with van der Waals surface area (Å²) in [5.74, 6) is -0.339. The van der Waals surface area contributed by atoms with Gasteiger partial charge in [-0.1, -0.05) is 0 Å². The predicted molar refractivity (Wildman–Crippen MR) is 88.3 cm³/mol. The molecular weight excluding hydrogens is 326 g/mol. The number of fused-ring (bicyclic) bond motifs is 1. The van der Waals surface area contributed by atoms with Crippen molar-refractivity contribution in [2.45, 2.75) is 6.92 Å². The molecule has 1 aromatic rings. The van der Waals surface area contributed by atoms with Crippen LogP contribution in [0.1, 0.15) is 17.3 Å². The Bertz CT molecular complexity index is 706. The Hall–Kier alpha value is -2.77. The van der Waals surface area contributed by atoms with Gasteiger partial charge >= 0.3 is 0 Å². The molecule has 2 N–H and O–H groups in total. The lowest BCUT2D eigenvalue weighted by Crippen LogP contribution is -2.40. The molecule has 0 unspecified atom stereocenters. The SMILES string of the molecule is CC(=O)N1CCN(C(=O)c2ccc3c(c2)OCCO3)C[C@@H](C(N)=O)C1. The van der Waals surface area contributed by atoms with Gasteiger partial charge in [0.2, 0.25) is 11.8 Å². The van der Waals surface area contributed by atoms with E-state index >= 15 is 0 Å². The maximum Gasteiger partial charge on any atom is 0.254 e. The smallest absolute Gasteiger partial charge is 0.254 e. The summed E-state index contributed by atoms with van der Waals surface area (Å²) < 4.78 is 11.0. The number of ether oxygens (including phenoxy) is 2. The van der Waals surface area contributed by atoms with Crippen molar-refractivity contribution in [3.8, 4) is 11.5 Å². The Morgan fingerprint density at radius 3 is 2.36 bits per heavy atom. The molecule has 0 spiro atoms. The van der Waals surface area contributed by atoms with Crippen LogP contribution < -0.4 is 15.2 Å². The second-order valence-electron chi connectivity index (χ2n) is 6.17. The van der Waals surface area contributed by atoms with E-state index in [1.807, 2.05) is 0 Å². The molecule has 2 aliphatic heterocycles. The first-order valence-corrected chi connectivity index (χ1v) is 8.19. The third kappa shape index (κ3) is 3.67. The Balaban J connectivity index is 1.80. The van der Waals surface area contributed by atoms with Gasteiger partial charge in [0.25, 0.3) is 5.91 Å². The summed E-state index contributed by atoms with van der Waals surface area (Å²) in [5, 5.41) is 0. The van der Waals surface area contributed by atoms with Crippen molar-refractivity contribution in [1.29, 1.82) is 0 Å². The highest BCUT2D eigenvalue weighted by Gasteiger charge is 2.30. The van der Waals surface area contributed by atoms with E-state index in [2.05, 4.69) is 0 Å². The molecule has 0 bridgehead atoms. The van der Waals surface area contributed by atoms with Crippen molar-refractivity contribution in [3.05, 3.63) is 23.8 Å². The van der Waals surface area contributed by atoms with Gasteiger partial charge in [0.05, 0.1) is 5.92 Å². The third-order valence-corrected chi connectivity index (χ3v) is 4.45. The molecule has 0 radical (unpaired) electrons. The van der Waals surface area contributed by atoms with Crippen LogP contribution in [-0.2, 0) is 9.59 Å². The Kier molecular flexibility index (Phi) is 4.78. The fourth-order valence-electron chi connectivity index (χ4n) is 3.02. The summed E-state index contributed by atoms with van der Waals surface area (Å²) in [4.78, 5) is 39.3. The number of rotatable bonds is 2. The predicted octanol–water partition coefficient (Wildman–Crippen LogP) is -0.136. The number of hydrogen-bond acceptors (Lipinski definition) is 5. The molecule has 1 saturated heterocycles. The molecule has 25 heavy (non-hydrogen) atoms. The van der Waals surface area contributed by atoms with Gasteiger partial charge in [0.1, 0.15) is 13.2 Å². The molecule has 8 heteroatoms. The van der Waals surface area contributed by atoms with E-state index in [1.54, 1.807) is 28.0 Å². The van der Waals surface area contributed by atoms with Crippen LogP contribution in [0.5, 0.6) is 11.5 Å². The van der Waals surface area contributed by atoms with Crippen molar-refractivity contribution in [2.24, 2.45) is 11.7 Å². The van der Waals surface area contributed by atoms with Crippen LogP contribution >= 0.6 is 0 Å². The minimum Gasteiger partial charge on any atom is -0.486 e. The molecule has 134 valence electrons. The zero-order chi connectivity index (χ0) is 18.0. The van der Waals surface area contributed by atoms with Gasteiger partial charge in [0.15, 0.2) is 11.5 Å². The number of hydrogen-bond donors (Lipinski definition) is 1. The van der Waals surface area contributed by atoms with E-state index in [0.29, 0.717) is 43.4 Å². The van der Waals surface area contributed by atoms with Gasteiger partial charge in [-0.05, 0) is 18.2 Å². The van der Waals surface area contributed by atoms with Crippen LogP contribution in [0.4, 0.5) is 0 Å². The van der Waals surface area contributed by atoms with Crippen molar-refractivity contribution in [1.82, 2.24) is 9.80 Å². The first-order valence-electron chi connectivity index (χ1n) is 8.19. The molecule has 2 aliphatic rings. The lowest BCUT2D eigenvalue weighted by atomic mass is 10.1. The Morgan fingerprint density at radius 1 is 1.04 bits per heavy atom. The highest BCUT2D eigenvalue weighted by atomic mass is 16.6. The van der Waals surface area contributed by atoms with E-state index in [9.17, 15) is 14.4 Å². The lowest BCUT2D eigenvalue weighted by Gasteiger charge is -2.24. The van der Waals surface area contributed by atoms with E-state index in [0.717, 1.165) is 0 Å². The normalized spacial score (nSPS) is 20.0. The maximum atomic E-state index is 12.9. The molecule has 3 rings (SSSR count). The standard InChI is InChI=1S/C17H21N3O5/c1-11(21)19-4-5-20(10-13(9-19)16(18)22)17(23)12-2-3-14-15(8-12)25-7-6-24-14/h2-3,8,13H,4-7,9-10H2,1H3,(H2,18,22)/t13-/m0/s1. The third-order valence-electron chi connectivity index (χ3n) is 4.45. The van der Waals surface area contributed by atoms with Gasteiger partial charge in [-0.2, -0.15) is 0 Å². The topological polar surface area (TPSA) is 102 Å². The van der Waals surface area contributed by atoms with E-state index in [-0.39, 0.29) is 24.9 Å². The second kappa shape index (κ2) is 7.00. The highest BCUT2D eigenvalue weighted by Crippen LogP contribution is 2.31. The average molecular weight is 347 g/mol. The average Bonchev–Trinajstić information content (AvgIpc) is 2.84. The fourth-order valence-corrected chi connectivity index (χ4v) is 3.02. The molecule has 8 nitrogen and oxygen atoms in total. The van der Waals surface area contributed by atoms with Gasteiger partial charge in [-0.3, -0.25) is 14.4 Å². The molecule has 1 fully saturated rings. The first kappa shape index (κ1) is 17.1. The van der Waals surface area contributed by atoms with Crippen LogP contribution in [0.3, 0.4) is 0 Å². The maximum absolute atomic E-state index is 12.9. The number of nitrogens with zero attached hydrogens (tertiary/aromatic N) is 2. The summed E-state index contributed by atoms with van der Waals surface area (Å²) >= 11 is 0. The van der Waals surface area contributed by atoms with Crippen molar-refractivity contribution < 1.29 is 23.9 Å². The second-order valence-corrected chi connectivity index (χ2v) is 6.17. The summed E-state index contributed by atoms with van der Waals surface area (Å²) in [6.07, 6.45) is 0. The van der Waals surface area contributed by atoms with Crippen LogP contribution in [0, 0.1) is 5.92 Å². The molecule has 0 saturated carbocycles. The number of carbonyl (C=O) groups excluding carboxylic acids is 3. The molecule has 1 atom stereocenters. The first-order chi connectivity index (χ1) is 12.0. The van der Waals surface area contributed by atoms with Crippen molar-refractivity contribution in [2.75, 3.05) is 39.4 Å². The molecule has 2 heterocycles. The van der Waals surface area contributed by atoms with Crippen molar-refractivity contribution >= 4 is 17.7 Å². The van der Waals surface area contributed by atoms with E-state index in [4.69, 9.17) is 15.2 Å². The lowest BCUT2D eigenvalue weighted by molar-refractivity contribution is -0.130. The minimum absolute atomic E-state index is 0.139. The van der Waals surface area contributed by atoms with Gasteiger partial charge < -0.3 is 25.0 Å². The summed E-state index contributed by atoms with van der Waals surface area (Å²) in [6.45, 7) is 3.49. The van der Waals surface area contributed by atoms with Crippen LogP contribution in [0.2, 0.25) is 0 Å². The Labute approximate surface area is 145 Å². The quantitative estimate of drug-likeness (QED) is 0.802. The Morgan fingerprint density at radius 2 is 1.68 bits per heavy atom. The largest absolute Gasteiger partial charge is 0.486 e. The summed E-state index contributed by atoms with van der Waals surface area (Å²) in [5.41, 5.74) is 5.89. The fraction of sp³-hybridized carbons (Fsp3) is 0.471. The summed E-state index contributed by atoms with van der Waals surface area (Å²) in [7, 11) is 0.